The van der Waals surface area contributed by atoms with Gasteiger partial charge < -0.3 is 0 Å². The van der Waals surface area contributed by atoms with Gasteiger partial charge in [0.05, 0.1) is 10.9 Å². The number of aryl methyl sites for hydroxylation is 1. The fourth-order valence-electron chi connectivity index (χ4n) is 9.88. The Labute approximate surface area is 275 Å². The molecule has 1 unspecified atom stereocenters. The number of thioether (sulfide) groups is 1. The molecular formula is C37H45N5O3S. The van der Waals surface area contributed by atoms with Crippen LogP contribution >= 0.6 is 11.8 Å². The van der Waals surface area contributed by atoms with Crippen LogP contribution in [0.3, 0.4) is 0 Å². The number of fused-ring (bicyclic) bond motifs is 1. The first-order valence-corrected chi connectivity index (χ1v) is 18.3. The molecule has 3 heterocycles. The molecule has 2 amide bonds. The van der Waals surface area contributed by atoms with Crippen LogP contribution in [0.25, 0.3) is 10.9 Å². The van der Waals surface area contributed by atoms with Crippen molar-refractivity contribution >= 4 is 34.5 Å². The Balaban J connectivity index is 0.857. The van der Waals surface area contributed by atoms with Crippen LogP contribution < -0.4 is 10.9 Å². The largest absolute Gasteiger partial charge is 0.300 e. The lowest BCUT2D eigenvalue weighted by Gasteiger charge is -2.57. The molecule has 0 radical (unpaired) electrons. The number of amides is 2. The molecule has 46 heavy (non-hydrogen) atoms. The second-order valence-electron chi connectivity index (χ2n) is 14.8. The van der Waals surface area contributed by atoms with Gasteiger partial charge in [0.25, 0.3) is 5.56 Å². The van der Waals surface area contributed by atoms with Crippen LogP contribution in [0.5, 0.6) is 0 Å². The van der Waals surface area contributed by atoms with Crippen LogP contribution in [0.2, 0.25) is 0 Å². The van der Waals surface area contributed by atoms with Gasteiger partial charge in [0.15, 0.2) is 0 Å². The smallest absolute Gasteiger partial charge is 0.263 e. The van der Waals surface area contributed by atoms with Crippen molar-refractivity contribution in [1.29, 1.82) is 0 Å². The highest BCUT2D eigenvalue weighted by Crippen LogP contribution is 2.60. The Bertz CT molecular complexity index is 1680. The summed E-state index contributed by atoms with van der Waals surface area (Å²) >= 11 is 1.68. The Hall–Kier alpha value is -3.01. The molecule has 4 bridgehead atoms. The van der Waals surface area contributed by atoms with E-state index >= 15 is 0 Å². The van der Waals surface area contributed by atoms with Crippen molar-refractivity contribution in [3.05, 3.63) is 69.8 Å². The van der Waals surface area contributed by atoms with E-state index in [1.165, 1.54) is 48.7 Å². The highest BCUT2D eigenvalue weighted by atomic mass is 32.2. The highest BCUT2D eigenvalue weighted by molar-refractivity contribution is 7.99. The lowest BCUT2D eigenvalue weighted by Crippen LogP contribution is -2.48. The normalized spacial score (nSPS) is 29.8. The quantitative estimate of drug-likeness (QED) is 0.272. The summed E-state index contributed by atoms with van der Waals surface area (Å²) in [5.41, 5.74) is 3.96. The maximum atomic E-state index is 13.7. The number of piperazine rings is 1. The van der Waals surface area contributed by atoms with Crippen LogP contribution in [0.4, 0.5) is 0 Å². The number of hydrogen-bond donors (Lipinski definition) is 1. The minimum absolute atomic E-state index is 0.209. The van der Waals surface area contributed by atoms with Gasteiger partial charge in [-0.3, -0.25) is 34.1 Å². The summed E-state index contributed by atoms with van der Waals surface area (Å²) in [7, 11) is 0. The lowest BCUT2D eigenvalue weighted by molar-refractivity contribution is -0.135. The molecule has 8 nitrogen and oxygen atoms in total. The van der Waals surface area contributed by atoms with Crippen molar-refractivity contribution in [2.45, 2.75) is 81.2 Å². The van der Waals surface area contributed by atoms with E-state index in [0.29, 0.717) is 28.6 Å². The summed E-state index contributed by atoms with van der Waals surface area (Å²) in [6, 6.07) is 14.8. The molecule has 1 aromatic heterocycles. The van der Waals surface area contributed by atoms with Crippen molar-refractivity contribution in [2.24, 2.45) is 17.8 Å². The summed E-state index contributed by atoms with van der Waals surface area (Å²) < 4.78 is 1.48. The number of piperidine rings is 1. The molecule has 0 spiro atoms. The Morgan fingerprint density at radius 2 is 1.57 bits per heavy atom. The van der Waals surface area contributed by atoms with E-state index in [0.717, 1.165) is 67.7 Å². The third-order valence-electron chi connectivity index (χ3n) is 11.7. The molecule has 1 atom stereocenters. The summed E-state index contributed by atoms with van der Waals surface area (Å²) in [5.74, 6) is 3.59. The van der Waals surface area contributed by atoms with Crippen molar-refractivity contribution in [2.75, 3.05) is 38.5 Å². The number of rotatable bonds is 8. The molecule has 1 N–H and O–H groups in total. The third kappa shape index (κ3) is 5.73. The fourth-order valence-corrected chi connectivity index (χ4v) is 11.0. The summed E-state index contributed by atoms with van der Waals surface area (Å²) in [6.45, 7) is 7.95. The predicted octanol–water partition coefficient (Wildman–Crippen LogP) is 5.06. The zero-order valence-corrected chi connectivity index (χ0v) is 27.7. The maximum Gasteiger partial charge on any atom is 0.263 e. The molecule has 4 aliphatic carbocycles. The number of carbonyl (C=O) groups is 2. The van der Waals surface area contributed by atoms with Gasteiger partial charge in [-0.1, -0.05) is 30.3 Å². The number of aromatic nitrogens is 2. The van der Waals surface area contributed by atoms with Crippen LogP contribution in [0.1, 0.15) is 74.4 Å². The van der Waals surface area contributed by atoms with Crippen LogP contribution in [0.15, 0.2) is 52.2 Å². The molecule has 4 saturated carbocycles. The molecule has 9 rings (SSSR count). The van der Waals surface area contributed by atoms with Gasteiger partial charge in [0.2, 0.25) is 11.8 Å². The molecule has 9 heteroatoms. The highest BCUT2D eigenvalue weighted by Gasteiger charge is 2.51. The second-order valence-corrected chi connectivity index (χ2v) is 15.9. The summed E-state index contributed by atoms with van der Waals surface area (Å²) in [4.78, 5) is 48.7. The predicted molar refractivity (Wildman–Crippen MR) is 181 cm³/mol. The molecular weight excluding hydrogens is 595 g/mol. The molecule has 2 aliphatic heterocycles. The number of nitrogens with zero attached hydrogens (tertiary/aromatic N) is 4. The van der Waals surface area contributed by atoms with E-state index in [-0.39, 0.29) is 17.9 Å². The molecule has 6 aliphatic rings. The molecule has 242 valence electrons. The van der Waals surface area contributed by atoms with Crippen molar-refractivity contribution in [3.8, 4) is 0 Å². The van der Waals surface area contributed by atoms with E-state index in [4.69, 9.17) is 0 Å². The summed E-state index contributed by atoms with van der Waals surface area (Å²) in [6.07, 6.45) is 9.30. The number of carbonyl (C=O) groups excluding carboxylic acids is 2. The fraction of sp³-hybridized carbons (Fsp3) is 0.568. The third-order valence-corrected chi connectivity index (χ3v) is 12.8. The van der Waals surface area contributed by atoms with Crippen molar-refractivity contribution in [3.63, 3.8) is 0 Å². The van der Waals surface area contributed by atoms with Crippen LogP contribution in [-0.2, 0) is 21.5 Å². The van der Waals surface area contributed by atoms with Gasteiger partial charge in [0, 0.05) is 56.3 Å². The van der Waals surface area contributed by atoms with Gasteiger partial charge in [-0.25, -0.2) is 4.98 Å². The second kappa shape index (κ2) is 12.2. The standard InChI is InChI=1S/C37H45N5O3S/c1-24-38-30-3-2-4-32(34(30)36(45)42(24)31-9-10-33(43)39-35(31)44)46-16-15-40-11-13-41(14-12-40)23-25-5-7-29(8-6-25)37-20-26-17-27(21-37)19-28(18-26)22-37/h2-8,26-28,31H,9-23H2,1H3,(H,39,43,44). The monoisotopic (exact) mass is 639 g/mol. The molecule has 3 aromatic rings. The Kier molecular flexibility index (Phi) is 8.06. The summed E-state index contributed by atoms with van der Waals surface area (Å²) in [5, 5.41) is 2.93. The van der Waals surface area contributed by atoms with E-state index < -0.39 is 11.9 Å². The molecule has 2 aromatic carbocycles. The average molecular weight is 640 g/mol. The van der Waals surface area contributed by atoms with Crippen LogP contribution in [0, 0.1) is 24.7 Å². The first kappa shape index (κ1) is 30.3. The van der Waals surface area contributed by atoms with Crippen molar-refractivity contribution < 1.29 is 9.59 Å². The number of benzene rings is 2. The van der Waals surface area contributed by atoms with Gasteiger partial charge in [0.1, 0.15) is 11.9 Å². The lowest BCUT2D eigenvalue weighted by atomic mass is 9.48. The molecule has 2 saturated heterocycles. The van der Waals surface area contributed by atoms with Gasteiger partial charge >= 0.3 is 0 Å². The number of hydrogen-bond acceptors (Lipinski definition) is 7. The SMILES string of the molecule is Cc1nc2cccc(SCCN3CCN(Cc4ccc(C56CC7CC(CC(C7)C5)C6)cc4)CC3)c2c(=O)n1C1CCC(=O)NC1=O. The van der Waals surface area contributed by atoms with Crippen molar-refractivity contribution in [1.82, 2.24) is 24.7 Å². The van der Waals surface area contributed by atoms with E-state index in [9.17, 15) is 14.4 Å². The first-order chi connectivity index (χ1) is 22.3. The minimum atomic E-state index is -0.712. The Morgan fingerprint density at radius 3 is 2.24 bits per heavy atom. The number of imide groups is 1. The maximum absolute atomic E-state index is 13.7. The topological polar surface area (TPSA) is 87.5 Å². The molecule has 6 fully saturated rings. The Morgan fingerprint density at radius 1 is 0.891 bits per heavy atom. The minimum Gasteiger partial charge on any atom is -0.300 e. The van der Waals surface area contributed by atoms with E-state index in [1.807, 2.05) is 18.2 Å². The van der Waals surface area contributed by atoms with Gasteiger partial charge in [-0.05, 0) is 98.3 Å². The zero-order valence-electron chi connectivity index (χ0n) is 26.9. The first-order valence-electron chi connectivity index (χ1n) is 17.4. The van der Waals surface area contributed by atoms with Gasteiger partial charge in [-0.15, -0.1) is 11.8 Å². The van der Waals surface area contributed by atoms with Gasteiger partial charge in [-0.2, -0.15) is 0 Å². The van der Waals surface area contributed by atoms with Crippen LogP contribution in [-0.4, -0.2) is 69.6 Å². The zero-order chi connectivity index (χ0) is 31.4. The number of nitrogens with one attached hydrogen (secondary N) is 1. The van der Waals surface area contributed by atoms with E-state index in [1.54, 1.807) is 24.2 Å². The van der Waals surface area contributed by atoms with E-state index in [2.05, 4.69) is 44.4 Å². The average Bonchev–Trinajstić information content (AvgIpc) is 3.02.